The molecule has 0 aromatic heterocycles. The Hall–Kier alpha value is -2.45. The van der Waals surface area contributed by atoms with E-state index < -0.39 is 21.7 Å². The summed E-state index contributed by atoms with van der Waals surface area (Å²) < 4.78 is 44.0. The number of hydrogen-bond donors (Lipinski definition) is 1. The molecule has 1 atom stereocenters. The second-order valence-corrected chi connectivity index (χ2v) is 8.06. The number of methoxy groups -OCH3 is 1. The van der Waals surface area contributed by atoms with Gasteiger partial charge in [-0.25, -0.2) is 12.8 Å². The number of carbonyl (C=O) groups excluding carboxylic acids is 1. The van der Waals surface area contributed by atoms with Crippen LogP contribution in [0.15, 0.2) is 53.4 Å². The number of halogens is 1. The Labute approximate surface area is 159 Å². The summed E-state index contributed by atoms with van der Waals surface area (Å²) >= 11 is 0. The summed E-state index contributed by atoms with van der Waals surface area (Å²) in [6.07, 6.45) is 0.645. The van der Waals surface area contributed by atoms with Gasteiger partial charge in [0, 0.05) is 7.05 Å². The van der Waals surface area contributed by atoms with Crippen molar-refractivity contribution in [1.82, 2.24) is 9.62 Å². The highest BCUT2D eigenvalue weighted by Gasteiger charge is 2.24. The van der Waals surface area contributed by atoms with Crippen LogP contribution in [0.4, 0.5) is 4.39 Å². The maximum atomic E-state index is 13.0. The average molecular weight is 394 g/mol. The molecule has 2 rings (SSSR count). The van der Waals surface area contributed by atoms with Gasteiger partial charge in [0.25, 0.3) is 0 Å². The van der Waals surface area contributed by atoms with Crippen LogP contribution in [0.25, 0.3) is 0 Å². The number of carbonyl (C=O) groups is 1. The molecule has 1 N–H and O–H groups in total. The Bertz CT molecular complexity index is 868. The number of nitrogens with one attached hydrogen (secondary N) is 1. The van der Waals surface area contributed by atoms with Crippen molar-refractivity contribution in [3.8, 4) is 5.75 Å². The van der Waals surface area contributed by atoms with Gasteiger partial charge in [-0.15, -0.1) is 0 Å². The Morgan fingerprint density at radius 2 is 1.74 bits per heavy atom. The van der Waals surface area contributed by atoms with E-state index in [2.05, 4.69) is 5.32 Å². The van der Waals surface area contributed by atoms with Crippen LogP contribution in [0.2, 0.25) is 0 Å². The van der Waals surface area contributed by atoms with Crippen molar-refractivity contribution < 1.29 is 22.3 Å². The van der Waals surface area contributed by atoms with Gasteiger partial charge in [-0.1, -0.05) is 19.1 Å². The number of benzene rings is 2. The standard InChI is InChI=1S/C19H23FN2O4S/c1-4-18(14-5-9-16(26-3)10-6-14)21-19(23)13-22(2)27(24,25)17-11-7-15(20)8-12-17/h5-12,18H,4,13H2,1-3H3,(H,21,23). The highest BCUT2D eigenvalue weighted by molar-refractivity contribution is 7.89. The molecule has 0 heterocycles. The van der Waals surface area contributed by atoms with Gasteiger partial charge in [0.2, 0.25) is 15.9 Å². The Morgan fingerprint density at radius 1 is 1.15 bits per heavy atom. The largest absolute Gasteiger partial charge is 0.497 e. The van der Waals surface area contributed by atoms with Crippen LogP contribution in [-0.4, -0.2) is 39.3 Å². The number of amides is 1. The van der Waals surface area contributed by atoms with E-state index in [-0.39, 0.29) is 17.5 Å². The van der Waals surface area contributed by atoms with E-state index in [1.165, 1.54) is 19.2 Å². The molecule has 0 aliphatic rings. The summed E-state index contributed by atoms with van der Waals surface area (Å²) in [4.78, 5) is 12.3. The lowest BCUT2D eigenvalue weighted by atomic mass is 10.0. The molecule has 0 spiro atoms. The predicted molar refractivity (Wildman–Crippen MR) is 100 cm³/mol. The van der Waals surface area contributed by atoms with E-state index in [4.69, 9.17) is 4.74 Å². The first-order valence-electron chi connectivity index (χ1n) is 8.43. The number of rotatable bonds is 8. The molecule has 0 bridgehead atoms. The van der Waals surface area contributed by atoms with Crippen LogP contribution >= 0.6 is 0 Å². The minimum Gasteiger partial charge on any atom is -0.497 e. The van der Waals surface area contributed by atoms with Crippen molar-refractivity contribution in [2.75, 3.05) is 20.7 Å². The maximum Gasteiger partial charge on any atom is 0.243 e. The van der Waals surface area contributed by atoms with Crippen molar-refractivity contribution >= 4 is 15.9 Å². The zero-order valence-corrected chi connectivity index (χ0v) is 16.3. The Kier molecular flexibility index (Phi) is 6.92. The number of hydrogen-bond acceptors (Lipinski definition) is 4. The molecule has 6 nitrogen and oxygen atoms in total. The van der Waals surface area contributed by atoms with Gasteiger partial charge in [0.1, 0.15) is 11.6 Å². The minimum atomic E-state index is -3.88. The molecule has 0 fully saturated rings. The summed E-state index contributed by atoms with van der Waals surface area (Å²) in [5, 5.41) is 2.84. The van der Waals surface area contributed by atoms with Crippen LogP contribution in [0.1, 0.15) is 24.9 Å². The van der Waals surface area contributed by atoms with Crippen LogP contribution in [0, 0.1) is 5.82 Å². The molecular formula is C19H23FN2O4S. The summed E-state index contributed by atoms with van der Waals surface area (Å²) in [5.74, 6) is -0.240. The summed E-state index contributed by atoms with van der Waals surface area (Å²) in [6.45, 7) is 1.58. The highest BCUT2D eigenvalue weighted by atomic mass is 32.2. The predicted octanol–water partition coefficient (Wildman–Crippen LogP) is 2.72. The van der Waals surface area contributed by atoms with E-state index in [1.54, 1.807) is 19.2 Å². The fourth-order valence-corrected chi connectivity index (χ4v) is 3.70. The molecule has 0 aliphatic carbocycles. The third-order valence-electron chi connectivity index (χ3n) is 4.15. The van der Waals surface area contributed by atoms with Crippen molar-refractivity contribution in [3.63, 3.8) is 0 Å². The lowest BCUT2D eigenvalue weighted by molar-refractivity contribution is -0.121. The smallest absolute Gasteiger partial charge is 0.243 e. The molecule has 27 heavy (non-hydrogen) atoms. The molecule has 2 aromatic rings. The normalized spacial score (nSPS) is 12.6. The van der Waals surface area contributed by atoms with Gasteiger partial charge in [-0.2, -0.15) is 4.31 Å². The number of likely N-dealkylation sites (N-methyl/N-ethyl adjacent to an activating group) is 1. The molecule has 2 aromatic carbocycles. The number of nitrogens with zero attached hydrogens (tertiary/aromatic N) is 1. The lowest BCUT2D eigenvalue weighted by Crippen LogP contribution is -2.39. The third-order valence-corrected chi connectivity index (χ3v) is 5.97. The third kappa shape index (κ3) is 5.27. The van der Waals surface area contributed by atoms with Gasteiger partial charge in [-0.3, -0.25) is 4.79 Å². The maximum absolute atomic E-state index is 13.0. The van der Waals surface area contributed by atoms with Crippen molar-refractivity contribution in [2.45, 2.75) is 24.3 Å². The second-order valence-electron chi connectivity index (χ2n) is 6.02. The van der Waals surface area contributed by atoms with E-state index in [0.717, 1.165) is 22.0 Å². The van der Waals surface area contributed by atoms with Gasteiger partial charge in [0.05, 0.1) is 24.6 Å². The summed E-state index contributed by atoms with van der Waals surface area (Å²) in [6, 6.07) is 11.5. The molecule has 1 unspecified atom stereocenters. The molecule has 1 amide bonds. The monoisotopic (exact) mass is 394 g/mol. The Morgan fingerprint density at radius 3 is 2.26 bits per heavy atom. The van der Waals surface area contributed by atoms with E-state index in [9.17, 15) is 17.6 Å². The molecule has 8 heteroatoms. The molecule has 0 radical (unpaired) electrons. The summed E-state index contributed by atoms with van der Waals surface area (Å²) in [7, 11) is -0.991. The highest BCUT2D eigenvalue weighted by Crippen LogP contribution is 2.20. The van der Waals surface area contributed by atoms with Crippen molar-refractivity contribution in [2.24, 2.45) is 0 Å². The van der Waals surface area contributed by atoms with Crippen molar-refractivity contribution in [1.29, 1.82) is 0 Å². The summed E-state index contributed by atoms with van der Waals surface area (Å²) in [5.41, 5.74) is 0.899. The SMILES string of the molecule is CCC(NC(=O)CN(C)S(=O)(=O)c1ccc(F)cc1)c1ccc(OC)cc1. The number of ether oxygens (including phenoxy) is 1. The lowest BCUT2D eigenvalue weighted by Gasteiger charge is -2.21. The molecule has 146 valence electrons. The van der Waals surface area contributed by atoms with E-state index in [1.807, 2.05) is 19.1 Å². The first kappa shape index (κ1) is 20.9. The van der Waals surface area contributed by atoms with Crippen LogP contribution in [0.3, 0.4) is 0 Å². The second kappa shape index (κ2) is 8.96. The molecule has 0 saturated carbocycles. The van der Waals surface area contributed by atoms with Crippen LogP contribution in [0.5, 0.6) is 5.75 Å². The zero-order chi connectivity index (χ0) is 20.0. The minimum absolute atomic E-state index is 0.0682. The topological polar surface area (TPSA) is 75.7 Å². The van der Waals surface area contributed by atoms with Gasteiger partial charge >= 0.3 is 0 Å². The Balaban J connectivity index is 2.04. The quantitative estimate of drug-likeness (QED) is 0.747. The molecular weight excluding hydrogens is 371 g/mol. The molecule has 0 saturated heterocycles. The fraction of sp³-hybridized carbons (Fsp3) is 0.316. The van der Waals surface area contributed by atoms with Gasteiger partial charge in [-0.05, 0) is 48.4 Å². The zero-order valence-electron chi connectivity index (χ0n) is 15.5. The number of sulfonamides is 1. The first-order valence-corrected chi connectivity index (χ1v) is 9.87. The van der Waals surface area contributed by atoms with Gasteiger partial charge in [0.15, 0.2) is 0 Å². The van der Waals surface area contributed by atoms with Crippen LogP contribution < -0.4 is 10.1 Å². The van der Waals surface area contributed by atoms with Crippen molar-refractivity contribution in [3.05, 3.63) is 59.9 Å². The fourth-order valence-electron chi connectivity index (χ4n) is 2.57. The van der Waals surface area contributed by atoms with E-state index in [0.29, 0.717) is 12.2 Å². The van der Waals surface area contributed by atoms with E-state index >= 15 is 0 Å². The van der Waals surface area contributed by atoms with Crippen LogP contribution in [-0.2, 0) is 14.8 Å². The van der Waals surface area contributed by atoms with Gasteiger partial charge < -0.3 is 10.1 Å². The first-order chi connectivity index (χ1) is 12.8. The molecule has 0 aliphatic heterocycles. The average Bonchev–Trinajstić information content (AvgIpc) is 2.66.